The number of hydrogen-bond donors (Lipinski definition) is 2. The normalized spacial score (nSPS) is 10.2. The van der Waals surface area contributed by atoms with Crippen LogP contribution in [0.4, 0.5) is 4.79 Å². The van der Waals surface area contributed by atoms with Gasteiger partial charge in [0.05, 0.1) is 7.11 Å². The zero-order valence-electron chi connectivity index (χ0n) is 11.2. The molecule has 0 spiro atoms. The Hall–Kier alpha value is -1.78. The topological polar surface area (TPSA) is 63.2 Å². The largest absolute Gasteiger partial charge is 0.481 e. The van der Waals surface area contributed by atoms with E-state index in [9.17, 15) is 4.79 Å². The van der Waals surface area contributed by atoms with Gasteiger partial charge in [-0.1, -0.05) is 19.9 Å². The van der Waals surface area contributed by atoms with E-state index in [1.54, 1.807) is 13.3 Å². The number of nitrogens with zero attached hydrogens (tertiary/aromatic N) is 1. The van der Waals surface area contributed by atoms with Gasteiger partial charge in [-0.15, -0.1) is 0 Å². The van der Waals surface area contributed by atoms with Crippen molar-refractivity contribution in [1.82, 2.24) is 15.6 Å². The number of aromatic nitrogens is 1. The minimum absolute atomic E-state index is 0.158. The molecular formula is C13H21N3O2. The smallest absolute Gasteiger partial charge is 0.315 e. The molecule has 0 aliphatic heterocycles. The first-order valence-corrected chi connectivity index (χ1v) is 6.23. The Morgan fingerprint density at radius 1 is 1.44 bits per heavy atom. The second kappa shape index (κ2) is 7.53. The van der Waals surface area contributed by atoms with Crippen LogP contribution in [0.25, 0.3) is 0 Å². The Balaban J connectivity index is 2.47. The van der Waals surface area contributed by atoms with Crippen molar-refractivity contribution in [2.45, 2.75) is 39.3 Å². The zero-order chi connectivity index (χ0) is 13.4. The number of nitrogens with one attached hydrogen (secondary N) is 2. The van der Waals surface area contributed by atoms with Crippen LogP contribution in [0.2, 0.25) is 0 Å². The summed E-state index contributed by atoms with van der Waals surface area (Å²) in [4.78, 5) is 15.7. The van der Waals surface area contributed by atoms with Crippen LogP contribution in [-0.2, 0) is 6.54 Å². The fourth-order valence-corrected chi connectivity index (χ4v) is 1.65. The lowest BCUT2D eigenvalue weighted by Gasteiger charge is -2.15. The molecule has 1 heterocycles. The summed E-state index contributed by atoms with van der Waals surface area (Å²) < 4.78 is 5.12. The SMILES string of the molecule is CCC(CC)NC(=O)NCc1cccnc1OC. The average Bonchev–Trinajstić information content (AvgIpc) is 2.42. The highest BCUT2D eigenvalue weighted by molar-refractivity contribution is 5.74. The van der Waals surface area contributed by atoms with Gasteiger partial charge in [-0.2, -0.15) is 0 Å². The summed E-state index contributed by atoms with van der Waals surface area (Å²) in [5.41, 5.74) is 0.861. The van der Waals surface area contributed by atoms with E-state index in [2.05, 4.69) is 29.5 Å². The lowest BCUT2D eigenvalue weighted by atomic mass is 10.2. The van der Waals surface area contributed by atoms with E-state index in [0.717, 1.165) is 18.4 Å². The Labute approximate surface area is 108 Å². The van der Waals surface area contributed by atoms with Crippen molar-refractivity contribution in [1.29, 1.82) is 0 Å². The van der Waals surface area contributed by atoms with E-state index in [4.69, 9.17) is 4.74 Å². The van der Waals surface area contributed by atoms with Gasteiger partial charge < -0.3 is 15.4 Å². The standard InChI is InChI=1S/C13H21N3O2/c1-4-11(5-2)16-13(17)15-9-10-7-6-8-14-12(10)18-3/h6-8,11H,4-5,9H2,1-3H3,(H2,15,16,17). The molecule has 0 aliphatic rings. The summed E-state index contributed by atoms with van der Waals surface area (Å²) in [6.45, 7) is 4.51. The molecule has 5 nitrogen and oxygen atoms in total. The second-order valence-corrected chi connectivity index (χ2v) is 4.01. The van der Waals surface area contributed by atoms with E-state index in [1.807, 2.05) is 12.1 Å². The summed E-state index contributed by atoms with van der Waals surface area (Å²) in [6, 6.07) is 3.76. The third kappa shape index (κ3) is 4.24. The summed E-state index contributed by atoms with van der Waals surface area (Å²) in [6.07, 6.45) is 3.52. The van der Waals surface area contributed by atoms with Gasteiger partial charge in [0.2, 0.25) is 5.88 Å². The Morgan fingerprint density at radius 3 is 2.78 bits per heavy atom. The zero-order valence-corrected chi connectivity index (χ0v) is 11.2. The fraction of sp³-hybridized carbons (Fsp3) is 0.538. The van der Waals surface area contributed by atoms with Crippen molar-refractivity contribution in [3.8, 4) is 5.88 Å². The first kappa shape index (κ1) is 14.3. The monoisotopic (exact) mass is 251 g/mol. The van der Waals surface area contributed by atoms with Gasteiger partial charge in [0.1, 0.15) is 0 Å². The summed E-state index contributed by atoms with van der Waals surface area (Å²) in [5, 5.41) is 5.72. The number of pyridine rings is 1. The second-order valence-electron chi connectivity index (χ2n) is 4.01. The van der Waals surface area contributed by atoms with E-state index in [1.165, 1.54) is 0 Å². The Bertz CT molecular complexity index is 378. The van der Waals surface area contributed by atoms with Crippen molar-refractivity contribution in [3.05, 3.63) is 23.9 Å². The van der Waals surface area contributed by atoms with E-state index in [0.29, 0.717) is 12.4 Å². The molecule has 0 atom stereocenters. The lowest BCUT2D eigenvalue weighted by molar-refractivity contribution is 0.235. The number of hydrogen-bond acceptors (Lipinski definition) is 3. The molecule has 0 unspecified atom stereocenters. The van der Waals surface area contributed by atoms with Gasteiger partial charge in [-0.05, 0) is 18.9 Å². The Morgan fingerprint density at radius 2 is 2.17 bits per heavy atom. The molecule has 0 radical (unpaired) electrons. The molecule has 2 N–H and O–H groups in total. The van der Waals surface area contributed by atoms with Crippen LogP contribution in [0.3, 0.4) is 0 Å². The number of carbonyl (C=O) groups is 1. The summed E-state index contributed by atoms with van der Waals surface area (Å²) in [5.74, 6) is 0.542. The molecule has 0 aromatic carbocycles. The van der Waals surface area contributed by atoms with Crippen molar-refractivity contribution in [3.63, 3.8) is 0 Å². The summed E-state index contributed by atoms with van der Waals surface area (Å²) >= 11 is 0. The van der Waals surface area contributed by atoms with Gasteiger partial charge in [0.25, 0.3) is 0 Å². The van der Waals surface area contributed by atoms with Crippen molar-refractivity contribution < 1.29 is 9.53 Å². The highest BCUT2D eigenvalue weighted by Crippen LogP contribution is 2.12. The number of carbonyl (C=O) groups excluding carboxylic acids is 1. The molecule has 1 aromatic heterocycles. The Kier molecular flexibility index (Phi) is 5.97. The van der Waals surface area contributed by atoms with E-state index >= 15 is 0 Å². The molecule has 2 amide bonds. The molecule has 18 heavy (non-hydrogen) atoms. The van der Waals surface area contributed by atoms with E-state index in [-0.39, 0.29) is 12.1 Å². The molecule has 1 rings (SSSR count). The maximum absolute atomic E-state index is 11.7. The van der Waals surface area contributed by atoms with Crippen LogP contribution in [0.1, 0.15) is 32.3 Å². The van der Waals surface area contributed by atoms with Gasteiger partial charge in [0.15, 0.2) is 0 Å². The van der Waals surface area contributed by atoms with Crippen LogP contribution in [0, 0.1) is 0 Å². The molecule has 0 saturated heterocycles. The lowest BCUT2D eigenvalue weighted by Crippen LogP contribution is -2.41. The van der Waals surface area contributed by atoms with Crippen LogP contribution < -0.4 is 15.4 Å². The van der Waals surface area contributed by atoms with Crippen molar-refractivity contribution in [2.24, 2.45) is 0 Å². The molecular weight excluding hydrogens is 230 g/mol. The maximum atomic E-state index is 11.7. The van der Waals surface area contributed by atoms with Crippen LogP contribution in [0.5, 0.6) is 5.88 Å². The molecule has 100 valence electrons. The van der Waals surface area contributed by atoms with Gasteiger partial charge in [-0.3, -0.25) is 0 Å². The van der Waals surface area contributed by atoms with Gasteiger partial charge >= 0.3 is 6.03 Å². The van der Waals surface area contributed by atoms with Crippen molar-refractivity contribution >= 4 is 6.03 Å². The van der Waals surface area contributed by atoms with Gasteiger partial charge in [0, 0.05) is 24.3 Å². The third-order valence-electron chi connectivity index (χ3n) is 2.80. The predicted octanol–water partition coefficient (Wildman–Crippen LogP) is 2.08. The first-order valence-electron chi connectivity index (χ1n) is 6.23. The molecule has 0 bridgehead atoms. The minimum Gasteiger partial charge on any atom is -0.481 e. The number of amides is 2. The van der Waals surface area contributed by atoms with Crippen LogP contribution >= 0.6 is 0 Å². The van der Waals surface area contributed by atoms with Gasteiger partial charge in [-0.25, -0.2) is 9.78 Å². The molecule has 0 saturated carbocycles. The predicted molar refractivity (Wildman–Crippen MR) is 70.5 cm³/mol. The minimum atomic E-state index is -0.158. The van der Waals surface area contributed by atoms with Crippen molar-refractivity contribution in [2.75, 3.05) is 7.11 Å². The molecule has 0 fully saturated rings. The number of urea groups is 1. The van der Waals surface area contributed by atoms with Crippen LogP contribution in [0.15, 0.2) is 18.3 Å². The number of methoxy groups -OCH3 is 1. The third-order valence-corrected chi connectivity index (χ3v) is 2.80. The highest BCUT2D eigenvalue weighted by Gasteiger charge is 2.09. The average molecular weight is 251 g/mol. The molecule has 0 aliphatic carbocycles. The maximum Gasteiger partial charge on any atom is 0.315 e. The number of rotatable bonds is 6. The molecule has 5 heteroatoms. The first-order chi connectivity index (χ1) is 8.71. The molecule has 1 aromatic rings. The highest BCUT2D eigenvalue weighted by atomic mass is 16.5. The summed E-state index contributed by atoms with van der Waals surface area (Å²) in [7, 11) is 1.57. The van der Waals surface area contributed by atoms with E-state index < -0.39 is 0 Å². The fourth-order valence-electron chi connectivity index (χ4n) is 1.65. The number of ether oxygens (including phenoxy) is 1. The quantitative estimate of drug-likeness (QED) is 0.813. The van der Waals surface area contributed by atoms with Crippen LogP contribution in [-0.4, -0.2) is 24.2 Å².